The van der Waals surface area contributed by atoms with Crippen molar-refractivity contribution in [3.05, 3.63) is 70.7 Å². The van der Waals surface area contributed by atoms with Crippen molar-refractivity contribution < 1.29 is 0 Å². The molecule has 106 valence electrons. The molecule has 0 aliphatic rings. The summed E-state index contributed by atoms with van der Waals surface area (Å²) in [6, 6.07) is 19.5. The molecule has 1 nitrogen and oxygen atoms in total. The maximum atomic E-state index is 6.11. The molecule has 0 radical (unpaired) electrons. The minimum atomic E-state index is 0.332. The fourth-order valence-electron chi connectivity index (χ4n) is 2.55. The average Bonchev–Trinajstić information content (AvgIpc) is 2.49. The standard InChI is InChI=1S/C18H22ClN/c1-3-17(14-9-6-5-7-10-14)20-18(4-2)15-11-8-12-16(19)13-15/h5-13,17-18,20H,3-4H2,1-2H3. The number of halogens is 1. The zero-order valence-electron chi connectivity index (χ0n) is 12.1. The highest BCUT2D eigenvalue weighted by molar-refractivity contribution is 6.30. The van der Waals surface area contributed by atoms with Crippen LogP contribution in [0.2, 0.25) is 5.02 Å². The van der Waals surface area contributed by atoms with Gasteiger partial charge in [0.1, 0.15) is 0 Å². The molecular formula is C18H22ClN. The molecule has 0 bridgehead atoms. The van der Waals surface area contributed by atoms with Crippen LogP contribution in [0.25, 0.3) is 0 Å². The minimum absolute atomic E-state index is 0.332. The molecule has 2 heteroatoms. The van der Waals surface area contributed by atoms with Crippen molar-refractivity contribution in [3.63, 3.8) is 0 Å². The summed E-state index contributed by atoms with van der Waals surface area (Å²) in [6.07, 6.45) is 2.12. The Hall–Kier alpha value is -1.31. The Labute approximate surface area is 127 Å². The van der Waals surface area contributed by atoms with Gasteiger partial charge in [-0.3, -0.25) is 0 Å². The van der Waals surface area contributed by atoms with Crippen LogP contribution in [-0.4, -0.2) is 0 Å². The Bertz CT molecular complexity index is 524. The zero-order valence-corrected chi connectivity index (χ0v) is 12.9. The van der Waals surface area contributed by atoms with Crippen LogP contribution in [0.3, 0.4) is 0 Å². The molecule has 0 aromatic heterocycles. The van der Waals surface area contributed by atoms with Crippen LogP contribution in [0, 0.1) is 0 Å². The maximum absolute atomic E-state index is 6.11. The van der Waals surface area contributed by atoms with E-state index in [-0.39, 0.29) is 0 Å². The lowest BCUT2D eigenvalue weighted by Crippen LogP contribution is -2.25. The predicted octanol–water partition coefficient (Wildman–Crippen LogP) is 5.53. The van der Waals surface area contributed by atoms with Crippen LogP contribution < -0.4 is 5.32 Å². The summed E-state index contributed by atoms with van der Waals surface area (Å²) in [4.78, 5) is 0. The third-order valence-electron chi connectivity index (χ3n) is 3.67. The fraction of sp³-hybridized carbons (Fsp3) is 0.333. The SMILES string of the molecule is CCC(NC(CC)c1cccc(Cl)c1)c1ccccc1. The first-order chi connectivity index (χ1) is 9.74. The van der Waals surface area contributed by atoms with Gasteiger partial charge in [0.2, 0.25) is 0 Å². The number of rotatable bonds is 6. The lowest BCUT2D eigenvalue weighted by molar-refractivity contribution is 0.426. The van der Waals surface area contributed by atoms with Gasteiger partial charge in [-0.2, -0.15) is 0 Å². The van der Waals surface area contributed by atoms with E-state index in [1.807, 2.05) is 12.1 Å². The molecule has 2 aromatic carbocycles. The van der Waals surface area contributed by atoms with Gasteiger partial charge in [0.05, 0.1) is 0 Å². The molecule has 2 unspecified atom stereocenters. The van der Waals surface area contributed by atoms with Crippen molar-refractivity contribution in [2.75, 3.05) is 0 Å². The van der Waals surface area contributed by atoms with Gasteiger partial charge in [-0.15, -0.1) is 0 Å². The van der Waals surface area contributed by atoms with Gasteiger partial charge in [-0.1, -0.05) is 67.9 Å². The molecule has 2 rings (SSSR count). The van der Waals surface area contributed by atoms with Crippen LogP contribution in [-0.2, 0) is 0 Å². The lowest BCUT2D eigenvalue weighted by Gasteiger charge is -2.25. The average molecular weight is 288 g/mol. The Morgan fingerprint density at radius 1 is 0.850 bits per heavy atom. The van der Waals surface area contributed by atoms with Crippen molar-refractivity contribution in [1.82, 2.24) is 5.32 Å². The number of hydrogen-bond acceptors (Lipinski definition) is 1. The first kappa shape index (κ1) is 15.1. The monoisotopic (exact) mass is 287 g/mol. The van der Waals surface area contributed by atoms with E-state index in [1.54, 1.807) is 0 Å². The first-order valence-electron chi connectivity index (χ1n) is 7.31. The summed E-state index contributed by atoms with van der Waals surface area (Å²) in [7, 11) is 0. The molecule has 0 aliphatic carbocycles. The molecule has 20 heavy (non-hydrogen) atoms. The van der Waals surface area contributed by atoms with Crippen LogP contribution in [0.1, 0.15) is 49.9 Å². The van der Waals surface area contributed by atoms with Gasteiger partial charge in [0, 0.05) is 17.1 Å². The molecule has 2 atom stereocenters. The van der Waals surface area contributed by atoms with E-state index in [4.69, 9.17) is 11.6 Å². The third kappa shape index (κ3) is 3.84. The predicted molar refractivity (Wildman–Crippen MR) is 87.1 cm³/mol. The Balaban J connectivity index is 2.16. The Morgan fingerprint density at radius 3 is 2.05 bits per heavy atom. The van der Waals surface area contributed by atoms with Gasteiger partial charge < -0.3 is 5.32 Å². The first-order valence-corrected chi connectivity index (χ1v) is 7.68. The molecule has 0 fully saturated rings. The van der Waals surface area contributed by atoms with Crippen molar-refractivity contribution in [2.45, 2.75) is 38.8 Å². The molecule has 1 N–H and O–H groups in total. The zero-order chi connectivity index (χ0) is 14.4. The minimum Gasteiger partial charge on any atom is -0.303 e. The maximum Gasteiger partial charge on any atom is 0.0409 e. The normalized spacial score (nSPS) is 13.9. The summed E-state index contributed by atoms with van der Waals surface area (Å²) in [6.45, 7) is 4.42. The highest BCUT2D eigenvalue weighted by atomic mass is 35.5. The van der Waals surface area contributed by atoms with E-state index in [0.717, 1.165) is 17.9 Å². The largest absolute Gasteiger partial charge is 0.303 e. The van der Waals surface area contributed by atoms with Gasteiger partial charge in [-0.25, -0.2) is 0 Å². The van der Waals surface area contributed by atoms with E-state index in [2.05, 4.69) is 61.6 Å². The van der Waals surface area contributed by atoms with Crippen LogP contribution >= 0.6 is 11.6 Å². The highest BCUT2D eigenvalue weighted by Crippen LogP contribution is 2.25. The summed E-state index contributed by atoms with van der Waals surface area (Å²) in [5.41, 5.74) is 2.60. The van der Waals surface area contributed by atoms with Crippen LogP contribution in [0.4, 0.5) is 0 Å². The van der Waals surface area contributed by atoms with E-state index in [0.29, 0.717) is 12.1 Å². The summed E-state index contributed by atoms with van der Waals surface area (Å²) in [5, 5.41) is 4.56. The third-order valence-corrected chi connectivity index (χ3v) is 3.91. The van der Waals surface area contributed by atoms with Gasteiger partial charge in [-0.05, 0) is 36.1 Å². The second-order valence-corrected chi connectivity index (χ2v) is 5.49. The van der Waals surface area contributed by atoms with Crippen molar-refractivity contribution in [3.8, 4) is 0 Å². The Morgan fingerprint density at radius 2 is 1.45 bits per heavy atom. The molecule has 0 saturated carbocycles. The molecular weight excluding hydrogens is 266 g/mol. The van der Waals surface area contributed by atoms with Gasteiger partial charge >= 0.3 is 0 Å². The fourth-order valence-corrected chi connectivity index (χ4v) is 2.75. The second kappa shape index (κ2) is 7.47. The quantitative estimate of drug-likeness (QED) is 0.736. The molecule has 2 aromatic rings. The smallest absolute Gasteiger partial charge is 0.0409 e. The van der Waals surface area contributed by atoms with E-state index < -0.39 is 0 Å². The Kier molecular flexibility index (Phi) is 5.63. The van der Waals surface area contributed by atoms with E-state index in [9.17, 15) is 0 Å². The van der Waals surface area contributed by atoms with Gasteiger partial charge in [0.25, 0.3) is 0 Å². The topological polar surface area (TPSA) is 12.0 Å². The summed E-state index contributed by atoms with van der Waals surface area (Å²) < 4.78 is 0. The lowest BCUT2D eigenvalue weighted by atomic mass is 9.99. The second-order valence-electron chi connectivity index (χ2n) is 5.05. The van der Waals surface area contributed by atoms with Crippen molar-refractivity contribution in [2.24, 2.45) is 0 Å². The molecule has 0 spiro atoms. The van der Waals surface area contributed by atoms with Crippen LogP contribution in [0.15, 0.2) is 54.6 Å². The van der Waals surface area contributed by atoms with Crippen LogP contribution in [0.5, 0.6) is 0 Å². The summed E-state index contributed by atoms with van der Waals surface area (Å²) in [5.74, 6) is 0. The van der Waals surface area contributed by atoms with E-state index in [1.165, 1.54) is 11.1 Å². The number of nitrogens with one attached hydrogen (secondary N) is 1. The summed E-state index contributed by atoms with van der Waals surface area (Å²) >= 11 is 6.11. The number of benzene rings is 2. The van der Waals surface area contributed by atoms with Gasteiger partial charge in [0.15, 0.2) is 0 Å². The van der Waals surface area contributed by atoms with Crippen molar-refractivity contribution in [1.29, 1.82) is 0 Å². The molecule has 0 amide bonds. The molecule has 0 aliphatic heterocycles. The van der Waals surface area contributed by atoms with Crippen molar-refractivity contribution >= 4 is 11.6 Å². The highest BCUT2D eigenvalue weighted by Gasteiger charge is 2.15. The molecule has 0 saturated heterocycles. The number of hydrogen-bond donors (Lipinski definition) is 1. The molecule has 0 heterocycles. The van der Waals surface area contributed by atoms with E-state index >= 15 is 0 Å².